The zero-order valence-corrected chi connectivity index (χ0v) is 12.3. The third kappa shape index (κ3) is 3.33. The van der Waals surface area contributed by atoms with Gasteiger partial charge in [0.2, 0.25) is 11.7 Å². The zero-order valence-electron chi connectivity index (χ0n) is 11.5. The molecule has 0 saturated heterocycles. The van der Waals surface area contributed by atoms with E-state index in [1.807, 2.05) is 26.0 Å². The highest BCUT2D eigenvalue weighted by Crippen LogP contribution is 2.23. The van der Waals surface area contributed by atoms with Crippen molar-refractivity contribution in [1.82, 2.24) is 10.1 Å². The minimum absolute atomic E-state index is 0. The van der Waals surface area contributed by atoms with Gasteiger partial charge in [-0.2, -0.15) is 4.98 Å². The Labute approximate surface area is 119 Å². The van der Waals surface area contributed by atoms with Crippen LogP contribution in [0.5, 0.6) is 0 Å². The van der Waals surface area contributed by atoms with Gasteiger partial charge in [-0.1, -0.05) is 36.3 Å². The molecule has 104 valence electrons. The first-order valence-electron chi connectivity index (χ1n) is 6.20. The van der Waals surface area contributed by atoms with E-state index in [1.165, 1.54) is 5.56 Å². The van der Waals surface area contributed by atoms with E-state index in [1.54, 1.807) is 0 Å². The summed E-state index contributed by atoms with van der Waals surface area (Å²) >= 11 is 0. The van der Waals surface area contributed by atoms with Crippen LogP contribution >= 0.6 is 12.4 Å². The lowest BCUT2D eigenvalue weighted by Gasteiger charge is -2.15. The molecule has 1 heterocycles. The Morgan fingerprint density at radius 1 is 1.21 bits per heavy atom. The maximum absolute atomic E-state index is 5.70. The second-order valence-corrected chi connectivity index (χ2v) is 5.06. The predicted octanol–water partition coefficient (Wildman–Crippen LogP) is 2.96. The lowest BCUT2D eigenvalue weighted by molar-refractivity contribution is 0.311. The average molecular weight is 282 g/mol. The van der Waals surface area contributed by atoms with Gasteiger partial charge in [0.05, 0.1) is 5.41 Å². The van der Waals surface area contributed by atoms with Crippen LogP contribution in [0.4, 0.5) is 0 Å². The third-order valence-corrected chi connectivity index (χ3v) is 3.14. The predicted molar refractivity (Wildman–Crippen MR) is 78.4 cm³/mol. The Morgan fingerprint density at radius 3 is 2.37 bits per heavy atom. The molecule has 0 unspecified atom stereocenters. The van der Waals surface area contributed by atoms with Crippen LogP contribution in [0.1, 0.15) is 32.2 Å². The van der Waals surface area contributed by atoms with E-state index >= 15 is 0 Å². The minimum atomic E-state index is -0.283. The van der Waals surface area contributed by atoms with Crippen molar-refractivity contribution in [3.63, 3.8) is 0 Å². The van der Waals surface area contributed by atoms with E-state index in [9.17, 15) is 0 Å². The molecule has 19 heavy (non-hydrogen) atoms. The van der Waals surface area contributed by atoms with Gasteiger partial charge >= 0.3 is 0 Å². The number of aromatic nitrogens is 2. The number of benzene rings is 1. The molecule has 2 N–H and O–H groups in total. The van der Waals surface area contributed by atoms with Gasteiger partial charge in [0, 0.05) is 12.1 Å². The standard InChI is InChI=1S/C14H19N3O.ClH/c1-4-10-5-7-11(8-6-10)12-16-13(18-17-12)14(2,3)9-15;/h5-8H,4,9,15H2,1-3H3;1H. The lowest BCUT2D eigenvalue weighted by atomic mass is 9.94. The Kier molecular flexibility index (Phi) is 5.09. The molecular weight excluding hydrogens is 262 g/mol. The molecule has 2 aromatic rings. The van der Waals surface area contributed by atoms with Crippen molar-refractivity contribution in [1.29, 1.82) is 0 Å². The zero-order chi connectivity index (χ0) is 13.2. The van der Waals surface area contributed by atoms with Crippen molar-refractivity contribution in [2.45, 2.75) is 32.6 Å². The first-order chi connectivity index (χ1) is 8.56. The molecule has 0 amide bonds. The quantitative estimate of drug-likeness (QED) is 0.936. The summed E-state index contributed by atoms with van der Waals surface area (Å²) in [5.41, 5.74) is 7.68. The fourth-order valence-corrected chi connectivity index (χ4v) is 1.59. The number of hydrogen-bond acceptors (Lipinski definition) is 4. The van der Waals surface area contributed by atoms with Crippen molar-refractivity contribution in [3.05, 3.63) is 35.7 Å². The molecule has 5 heteroatoms. The van der Waals surface area contributed by atoms with E-state index < -0.39 is 0 Å². The van der Waals surface area contributed by atoms with E-state index in [0.29, 0.717) is 18.3 Å². The highest BCUT2D eigenvalue weighted by atomic mass is 35.5. The molecule has 0 radical (unpaired) electrons. The SMILES string of the molecule is CCc1ccc(-c2noc(C(C)(C)CN)n2)cc1.Cl. The van der Waals surface area contributed by atoms with Gasteiger partial charge in [0.1, 0.15) is 0 Å². The summed E-state index contributed by atoms with van der Waals surface area (Å²) in [4.78, 5) is 4.42. The van der Waals surface area contributed by atoms with Crippen LogP contribution in [-0.4, -0.2) is 16.7 Å². The van der Waals surface area contributed by atoms with E-state index in [4.69, 9.17) is 10.3 Å². The van der Waals surface area contributed by atoms with Crippen LogP contribution in [0.15, 0.2) is 28.8 Å². The average Bonchev–Trinajstić information content (AvgIpc) is 2.89. The van der Waals surface area contributed by atoms with Gasteiger partial charge in [-0.05, 0) is 25.8 Å². The number of hydrogen-bond donors (Lipinski definition) is 1. The summed E-state index contributed by atoms with van der Waals surface area (Å²) in [5, 5.41) is 4.01. The summed E-state index contributed by atoms with van der Waals surface area (Å²) < 4.78 is 5.29. The topological polar surface area (TPSA) is 64.9 Å². The normalized spacial score (nSPS) is 11.2. The molecule has 4 nitrogen and oxygen atoms in total. The second-order valence-electron chi connectivity index (χ2n) is 5.06. The third-order valence-electron chi connectivity index (χ3n) is 3.14. The van der Waals surface area contributed by atoms with E-state index in [2.05, 4.69) is 29.2 Å². The van der Waals surface area contributed by atoms with Crippen LogP contribution in [0.25, 0.3) is 11.4 Å². The molecule has 0 spiro atoms. The van der Waals surface area contributed by atoms with Crippen LogP contribution in [0.3, 0.4) is 0 Å². The molecule has 0 aliphatic carbocycles. The summed E-state index contributed by atoms with van der Waals surface area (Å²) in [5.74, 6) is 1.20. The van der Waals surface area contributed by atoms with Gasteiger partial charge < -0.3 is 10.3 Å². The molecule has 0 aliphatic heterocycles. The molecule has 1 aromatic carbocycles. The first kappa shape index (κ1) is 15.7. The summed E-state index contributed by atoms with van der Waals surface area (Å²) in [7, 11) is 0. The maximum Gasteiger partial charge on any atom is 0.233 e. The van der Waals surface area contributed by atoms with Crippen molar-refractivity contribution in [3.8, 4) is 11.4 Å². The van der Waals surface area contributed by atoms with Crippen molar-refractivity contribution < 1.29 is 4.52 Å². The van der Waals surface area contributed by atoms with Crippen molar-refractivity contribution in [2.75, 3.05) is 6.54 Å². The summed E-state index contributed by atoms with van der Waals surface area (Å²) in [6.45, 7) is 6.59. The highest BCUT2D eigenvalue weighted by molar-refractivity contribution is 5.85. The Morgan fingerprint density at radius 2 is 1.84 bits per heavy atom. The number of halogens is 1. The molecule has 2 rings (SSSR count). The van der Waals surface area contributed by atoms with Gasteiger partial charge in [0.15, 0.2) is 0 Å². The fourth-order valence-electron chi connectivity index (χ4n) is 1.59. The molecule has 1 aromatic heterocycles. The fraction of sp³-hybridized carbons (Fsp3) is 0.429. The van der Waals surface area contributed by atoms with Crippen molar-refractivity contribution >= 4 is 12.4 Å². The maximum atomic E-state index is 5.70. The molecule has 0 aliphatic rings. The monoisotopic (exact) mass is 281 g/mol. The number of aryl methyl sites for hydroxylation is 1. The number of nitrogens with two attached hydrogens (primary N) is 1. The van der Waals surface area contributed by atoms with Crippen LogP contribution in [0, 0.1) is 0 Å². The lowest BCUT2D eigenvalue weighted by Crippen LogP contribution is -2.28. The van der Waals surface area contributed by atoms with Crippen LogP contribution in [-0.2, 0) is 11.8 Å². The molecule has 0 bridgehead atoms. The molecule has 0 fully saturated rings. The Balaban J connectivity index is 0.00000180. The second kappa shape index (κ2) is 6.17. The van der Waals surface area contributed by atoms with Crippen LogP contribution < -0.4 is 5.73 Å². The van der Waals surface area contributed by atoms with Gasteiger partial charge in [-0.25, -0.2) is 0 Å². The van der Waals surface area contributed by atoms with Gasteiger partial charge in [-0.15, -0.1) is 12.4 Å². The minimum Gasteiger partial charge on any atom is -0.338 e. The smallest absolute Gasteiger partial charge is 0.233 e. The largest absolute Gasteiger partial charge is 0.338 e. The first-order valence-corrected chi connectivity index (χ1v) is 6.20. The van der Waals surface area contributed by atoms with Crippen molar-refractivity contribution in [2.24, 2.45) is 5.73 Å². The highest BCUT2D eigenvalue weighted by Gasteiger charge is 2.26. The summed E-state index contributed by atoms with van der Waals surface area (Å²) in [6.07, 6.45) is 1.03. The summed E-state index contributed by atoms with van der Waals surface area (Å²) in [6, 6.07) is 8.20. The number of nitrogens with zero attached hydrogens (tertiary/aromatic N) is 2. The molecular formula is C14H20ClN3O. The van der Waals surface area contributed by atoms with Crippen LogP contribution in [0.2, 0.25) is 0 Å². The Bertz CT molecular complexity index is 520. The number of rotatable bonds is 4. The van der Waals surface area contributed by atoms with Gasteiger partial charge in [-0.3, -0.25) is 0 Å². The Hall–Kier alpha value is -1.39. The molecule has 0 atom stereocenters. The van der Waals surface area contributed by atoms with E-state index in [0.717, 1.165) is 12.0 Å². The van der Waals surface area contributed by atoms with E-state index in [-0.39, 0.29) is 17.8 Å². The molecule has 0 saturated carbocycles. The van der Waals surface area contributed by atoms with Gasteiger partial charge in [0.25, 0.3) is 0 Å².